The van der Waals surface area contributed by atoms with Crippen LogP contribution in [0.15, 0.2) is 28.7 Å². The number of nitrogens with one attached hydrogen (secondary N) is 1. The molecule has 0 atom stereocenters. The number of hydrogen-bond donors (Lipinski definition) is 2. The lowest BCUT2D eigenvalue weighted by Gasteiger charge is -2.04. The molecule has 1 saturated carbocycles. The molecule has 2 heterocycles. The molecule has 0 bridgehead atoms. The Morgan fingerprint density at radius 2 is 2.29 bits per heavy atom. The van der Waals surface area contributed by atoms with Gasteiger partial charge in [0.2, 0.25) is 10.0 Å². The van der Waals surface area contributed by atoms with Crippen molar-refractivity contribution in [1.82, 2.24) is 14.3 Å². The van der Waals surface area contributed by atoms with Gasteiger partial charge in [-0.15, -0.1) is 11.3 Å². The highest BCUT2D eigenvalue weighted by Crippen LogP contribution is 2.37. The molecule has 0 radical (unpaired) electrons. The summed E-state index contributed by atoms with van der Waals surface area (Å²) in [5, 5.41) is 12.1. The van der Waals surface area contributed by atoms with Gasteiger partial charge in [0.15, 0.2) is 0 Å². The van der Waals surface area contributed by atoms with E-state index in [1.807, 2.05) is 9.95 Å². The van der Waals surface area contributed by atoms with Crippen molar-refractivity contribution in [2.24, 2.45) is 0 Å². The Kier molecular flexibility index (Phi) is 4.12. The molecular formula is C13H17N3O3S2. The van der Waals surface area contributed by atoms with Gasteiger partial charge in [-0.05, 0) is 18.9 Å². The third-order valence-electron chi connectivity index (χ3n) is 3.43. The average Bonchev–Trinajstić information content (AvgIpc) is 3.00. The van der Waals surface area contributed by atoms with Gasteiger partial charge in [0.05, 0.1) is 16.5 Å². The van der Waals surface area contributed by atoms with Crippen LogP contribution in [0.3, 0.4) is 0 Å². The summed E-state index contributed by atoms with van der Waals surface area (Å²) in [6, 6.07) is 1.88. The largest absolute Gasteiger partial charge is 0.390 e. The van der Waals surface area contributed by atoms with E-state index in [2.05, 4.69) is 9.71 Å². The van der Waals surface area contributed by atoms with Crippen molar-refractivity contribution in [3.63, 3.8) is 0 Å². The highest BCUT2D eigenvalue weighted by molar-refractivity contribution is 7.89. The van der Waals surface area contributed by atoms with E-state index >= 15 is 0 Å². The van der Waals surface area contributed by atoms with Crippen LogP contribution in [0.5, 0.6) is 0 Å². The number of hydrogen-bond acceptors (Lipinski definition) is 5. The second-order valence-corrected chi connectivity index (χ2v) is 7.78. The summed E-state index contributed by atoms with van der Waals surface area (Å²) < 4.78 is 29.0. The van der Waals surface area contributed by atoms with E-state index < -0.39 is 10.0 Å². The molecule has 0 unspecified atom stereocenters. The molecule has 0 amide bonds. The summed E-state index contributed by atoms with van der Waals surface area (Å²) in [5.74, 6) is 0. The highest BCUT2D eigenvalue weighted by atomic mass is 32.2. The molecule has 8 heteroatoms. The molecule has 21 heavy (non-hydrogen) atoms. The van der Waals surface area contributed by atoms with Crippen molar-refractivity contribution in [2.75, 3.05) is 6.54 Å². The summed E-state index contributed by atoms with van der Waals surface area (Å²) in [5.41, 5.74) is 0.651. The number of nitrogens with zero attached hydrogens (tertiary/aromatic N) is 2. The van der Waals surface area contributed by atoms with Crippen LogP contribution >= 0.6 is 11.3 Å². The van der Waals surface area contributed by atoms with Crippen LogP contribution < -0.4 is 4.72 Å². The van der Waals surface area contributed by atoms with Crippen LogP contribution in [-0.2, 0) is 23.1 Å². The summed E-state index contributed by atoms with van der Waals surface area (Å²) in [6.07, 6.45) is 5.98. The Hall–Kier alpha value is -1.22. The van der Waals surface area contributed by atoms with Gasteiger partial charge in [0, 0.05) is 42.5 Å². The lowest BCUT2D eigenvalue weighted by atomic mass is 10.4. The monoisotopic (exact) mass is 327 g/mol. The minimum absolute atomic E-state index is 0.148. The lowest BCUT2D eigenvalue weighted by molar-refractivity contribution is 0.270. The summed E-state index contributed by atoms with van der Waals surface area (Å²) in [7, 11) is -3.54. The predicted octanol–water partition coefficient (Wildman–Crippen LogP) is 1.29. The zero-order valence-corrected chi connectivity index (χ0v) is 13.0. The molecule has 2 N–H and O–H groups in total. The standard InChI is InChI=1S/C13H17N3O3S2/c17-9-11-7-12(8-16(11)10-1-2-10)21(18,19)15-4-3-13-14-5-6-20-13/h5-8,10,15,17H,1-4,9H2. The molecular weight excluding hydrogens is 310 g/mol. The van der Waals surface area contributed by atoms with Crippen molar-refractivity contribution in [2.45, 2.75) is 36.8 Å². The minimum atomic E-state index is -3.54. The third kappa shape index (κ3) is 3.34. The first-order valence-electron chi connectivity index (χ1n) is 6.80. The molecule has 1 aliphatic rings. The zero-order valence-electron chi connectivity index (χ0n) is 11.4. The van der Waals surface area contributed by atoms with Gasteiger partial charge in [-0.25, -0.2) is 18.1 Å². The number of aliphatic hydroxyl groups is 1. The van der Waals surface area contributed by atoms with E-state index in [0.29, 0.717) is 24.7 Å². The van der Waals surface area contributed by atoms with Crippen LogP contribution in [0.4, 0.5) is 0 Å². The molecule has 2 aromatic rings. The summed E-state index contributed by atoms with van der Waals surface area (Å²) in [4.78, 5) is 4.34. The average molecular weight is 327 g/mol. The molecule has 2 aromatic heterocycles. The van der Waals surface area contributed by atoms with Gasteiger partial charge < -0.3 is 9.67 Å². The van der Waals surface area contributed by atoms with Crippen LogP contribution in [0.25, 0.3) is 0 Å². The van der Waals surface area contributed by atoms with E-state index in [1.165, 1.54) is 11.3 Å². The molecule has 3 rings (SSSR count). The Morgan fingerprint density at radius 3 is 2.90 bits per heavy atom. The van der Waals surface area contributed by atoms with Crippen molar-refractivity contribution < 1.29 is 13.5 Å². The maximum atomic E-state index is 12.3. The molecule has 0 saturated heterocycles. The SMILES string of the molecule is O=S(=O)(NCCc1nccs1)c1cc(CO)n(C2CC2)c1. The van der Waals surface area contributed by atoms with Crippen LogP contribution in [0.2, 0.25) is 0 Å². The number of sulfonamides is 1. The lowest BCUT2D eigenvalue weighted by Crippen LogP contribution is -2.25. The molecule has 1 fully saturated rings. The Labute approximate surface area is 127 Å². The molecule has 0 aromatic carbocycles. The van der Waals surface area contributed by atoms with E-state index in [1.54, 1.807) is 18.5 Å². The van der Waals surface area contributed by atoms with Crippen molar-refractivity contribution in [3.05, 3.63) is 34.5 Å². The highest BCUT2D eigenvalue weighted by Gasteiger charge is 2.27. The third-order valence-corrected chi connectivity index (χ3v) is 5.70. The number of aromatic nitrogens is 2. The zero-order chi connectivity index (χ0) is 14.9. The van der Waals surface area contributed by atoms with E-state index in [0.717, 1.165) is 17.8 Å². The van der Waals surface area contributed by atoms with Gasteiger partial charge in [-0.3, -0.25) is 0 Å². The normalized spacial score (nSPS) is 15.5. The Balaban J connectivity index is 1.69. The topological polar surface area (TPSA) is 84.2 Å². The smallest absolute Gasteiger partial charge is 0.242 e. The fourth-order valence-corrected chi connectivity index (χ4v) is 3.92. The fourth-order valence-electron chi connectivity index (χ4n) is 2.21. The van der Waals surface area contributed by atoms with Crippen molar-refractivity contribution in [3.8, 4) is 0 Å². The Bertz CT molecular complexity index is 703. The van der Waals surface area contributed by atoms with Crippen LogP contribution in [0, 0.1) is 0 Å². The minimum Gasteiger partial charge on any atom is -0.390 e. The summed E-state index contributed by atoms with van der Waals surface area (Å²) >= 11 is 1.51. The molecule has 0 aliphatic heterocycles. The van der Waals surface area contributed by atoms with Gasteiger partial charge in [0.1, 0.15) is 0 Å². The van der Waals surface area contributed by atoms with Crippen molar-refractivity contribution in [1.29, 1.82) is 0 Å². The maximum absolute atomic E-state index is 12.3. The number of rotatable bonds is 7. The number of aliphatic hydroxyl groups excluding tert-OH is 1. The first kappa shape index (κ1) is 14.7. The molecule has 1 aliphatic carbocycles. The van der Waals surface area contributed by atoms with Gasteiger partial charge in [-0.1, -0.05) is 0 Å². The van der Waals surface area contributed by atoms with Gasteiger partial charge in [0.25, 0.3) is 0 Å². The first-order chi connectivity index (χ1) is 10.1. The predicted molar refractivity (Wildman–Crippen MR) is 79.6 cm³/mol. The van der Waals surface area contributed by atoms with Gasteiger partial charge >= 0.3 is 0 Å². The Morgan fingerprint density at radius 1 is 1.48 bits per heavy atom. The number of thiazole rings is 1. The van der Waals surface area contributed by atoms with E-state index in [9.17, 15) is 13.5 Å². The fraction of sp³-hybridized carbons (Fsp3) is 0.462. The molecule has 6 nitrogen and oxygen atoms in total. The first-order valence-corrected chi connectivity index (χ1v) is 9.16. The summed E-state index contributed by atoms with van der Waals surface area (Å²) in [6.45, 7) is 0.171. The van der Waals surface area contributed by atoms with E-state index in [-0.39, 0.29) is 11.5 Å². The van der Waals surface area contributed by atoms with Gasteiger partial charge in [-0.2, -0.15) is 0 Å². The second kappa shape index (κ2) is 5.88. The van der Waals surface area contributed by atoms with Crippen LogP contribution in [0.1, 0.15) is 29.6 Å². The van der Waals surface area contributed by atoms with Crippen molar-refractivity contribution >= 4 is 21.4 Å². The molecule has 0 spiro atoms. The van der Waals surface area contributed by atoms with E-state index in [4.69, 9.17) is 0 Å². The second-order valence-electron chi connectivity index (χ2n) is 5.04. The quantitative estimate of drug-likeness (QED) is 0.803. The van der Waals surface area contributed by atoms with Crippen LogP contribution in [-0.4, -0.2) is 29.6 Å². The molecule has 114 valence electrons. The maximum Gasteiger partial charge on any atom is 0.242 e.